The van der Waals surface area contributed by atoms with E-state index in [1.165, 1.54) is 5.39 Å². The summed E-state index contributed by atoms with van der Waals surface area (Å²) >= 11 is 0. The minimum atomic E-state index is 0.628. The van der Waals surface area contributed by atoms with Crippen LogP contribution in [0, 0.1) is 0 Å². The molecule has 3 aromatic heterocycles. The molecule has 4 heterocycles. The topological polar surface area (TPSA) is 70.2 Å². The minimum absolute atomic E-state index is 0.628. The summed E-state index contributed by atoms with van der Waals surface area (Å²) in [5.41, 5.74) is 5.22. The Balaban J connectivity index is 1.31. The van der Waals surface area contributed by atoms with E-state index in [9.17, 15) is 0 Å². The molecule has 7 nitrogen and oxygen atoms in total. The number of nitrogens with zero attached hydrogens (tertiary/aromatic N) is 5. The molecule has 0 bridgehead atoms. The third kappa shape index (κ3) is 4.60. The Bertz CT molecular complexity index is 1470. The molecule has 1 N–H and O–H groups in total. The first-order valence-corrected chi connectivity index (χ1v) is 12.0. The van der Waals surface area contributed by atoms with Crippen molar-refractivity contribution >= 4 is 27.6 Å². The highest BCUT2D eigenvalue weighted by Gasteiger charge is 2.18. The number of H-pyrrole nitrogens is 1. The van der Waals surface area contributed by atoms with Gasteiger partial charge in [0, 0.05) is 53.8 Å². The van der Waals surface area contributed by atoms with Gasteiger partial charge in [-0.2, -0.15) is 0 Å². The number of aromatic nitrogens is 4. The van der Waals surface area contributed by atoms with Crippen LogP contribution in [0.2, 0.25) is 0 Å². The predicted octanol–water partition coefficient (Wildman–Crippen LogP) is 4.64. The summed E-state index contributed by atoms with van der Waals surface area (Å²) in [6.45, 7) is 4.45. The Morgan fingerprint density at radius 2 is 1.80 bits per heavy atom. The number of hydrogen-bond acceptors (Lipinski definition) is 6. The standard InChI is InChI=1S/C28H28N6O/c1-33(18-21-10-9-20-5-2-3-7-24(20)30-21)19-27-31-26(17-28(32-27)34-13-15-35-16-14-34)22-6-4-8-25-23(22)11-12-29-25/h2-12,17,29H,13-16,18-19H2,1H3. The van der Waals surface area contributed by atoms with Crippen LogP contribution in [-0.4, -0.2) is 58.2 Å². The van der Waals surface area contributed by atoms with E-state index in [1.54, 1.807) is 0 Å². The highest BCUT2D eigenvalue weighted by molar-refractivity contribution is 5.94. The van der Waals surface area contributed by atoms with E-state index < -0.39 is 0 Å². The van der Waals surface area contributed by atoms with Crippen LogP contribution in [0.15, 0.2) is 72.9 Å². The van der Waals surface area contributed by atoms with Gasteiger partial charge in [-0.25, -0.2) is 9.97 Å². The number of pyridine rings is 1. The fraction of sp³-hybridized carbons (Fsp3) is 0.250. The van der Waals surface area contributed by atoms with E-state index in [2.05, 4.69) is 76.4 Å². The quantitative estimate of drug-likeness (QED) is 0.395. The minimum Gasteiger partial charge on any atom is -0.378 e. The van der Waals surface area contributed by atoms with Gasteiger partial charge in [0.25, 0.3) is 0 Å². The Hall–Kier alpha value is -3.81. The fourth-order valence-corrected chi connectivity index (χ4v) is 4.73. The lowest BCUT2D eigenvalue weighted by Gasteiger charge is -2.28. The van der Waals surface area contributed by atoms with E-state index in [4.69, 9.17) is 19.7 Å². The van der Waals surface area contributed by atoms with Crippen molar-refractivity contribution in [3.05, 3.63) is 84.4 Å². The second-order valence-corrected chi connectivity index (χ2v) is 9.04. The predicted molar refractivity (Wildman–Crippen MR) is 139 cm³/mol. The number of anilines is 1. The molecule has 1 aliphatic heterocycles. The van der Waals surface area contributed by atoms with Crippen LogP contribution in [0.25, 0.3) is 33.1 Å². The van der Waals surface area contributed by atoms with Crippen molar-refractivity contribution in [2.75, 3.05) is 38.3 Å². The van der Waals surface area contributed by atoms with Crippen LogP contribution in [0.1, 0.15) is 11.5 Å². The number of morpholine rings is 1. The lowest BCUT2D eigenvalue weighted by atomic mass is 10.1. The van der Waals surface area contributed by atoms with Gasteiger partial charge in [-0.05, 0) is 31.3 Å². The molecule has 0 aliphatic carbocycles. The molecular weight excluding hydrogens is 436 g/mol. The number of hydrogen-bond donors (Lipinski definition) is 1. The number of fused-ring (bicyclic) bond motifs is 2. The van der Waals surface area contributed by atoms with Crippen molar-refractivity contribution in [2.24, 2.45) is 0 Å². The summed E-state index contributed by atoms with van der Waals surface area (Å²) < 4.78 is 5.57. The zero-order valence-electron chi connectivity index (χ0n) is 19.8. The van der Waals surface area contributed by atoms with E-state index >= 15 is 0 Å². The van der Waals surface area contributed by atoms with Crippen LogP contribution < -0.4 is 4.90 Å². The average Bonchev–Trinajstić information content (AvgIpc) is 3.38. The number of para-hydroxylation sites is 1. The molecule has 1 fully saturated rings. The van der Waals surface area contributed by atoms with Gasteiger partial charge in [-0.1, -0.05) is 36.4 Å². The molecule has 6 rings (SSSR count). The molecule has 0 unspecified atom stereocenters. The van der Waals surface area contributed by atoms with Gasteiger partial charge < -0.3 is 14.6 Å². The summed E-state index contributed by atoms with van der Waals surface area (Å²) in [7, 11) is 2.09. The lowest BCUT2D eigenvalue weighted by Crippen LogP contribution is -2.37. The van der Waals surface area contributed by atoms with Gasteiger partial charge in [0.05, 0.1) is 36.7 Å². The third-order valence-corrected chi connectivity index (χ3v) is 6.46. The molecule has 0 amide bonds. The zero-order chi connectivity index (χ0) is 23.6. The van der Waals surface area contributed by atoms with Crippen molar-refractivity contribution < 1.29 is 4.74 Å². The number of ether oxygens (including phenoxy) is 1. The van der Waals surface area contributed by atoms with Crippen LogP contribution in [0.4, 0.5) is 5.82 Å². The van der Waals surface area contributed by atoms with E-state index in [0.717, 1.165) is 77.9 Å². The third-order valence-electron chi connectivity index (χ3n) is 6.46. The number of benzene rings is 2. The number of rotatable bonds is 6. The van der Waals surface area contributed by atoms with Gasteiger partial charge >= 0.3 is 0 Å². The van der Waals surface area contributed by atoms with Crippen LogP contribution in [0.5, 0.6) is 0 Å². The van der Waals surface area contributed by atoms with E-state index in [1.807, 2.05) is 18.3 Å². The molecule has 0 atom stereocenters. The van der Waals surface area contributed by atoms with Crippen molar-refractivity contribution in [1.29, 1.82) is 0 Å². The first-order valence-electron chi connectivity index (χ1n) is 12.0. The van der Waals surface area contributed by atoms with Crippen molar-refractivity contribution in [2.45, 2.75) is 13.1 Å². The van der Waals surface area contributed by atoms with Gasteiger partial charge in [0.1, 0.15) is 11.6 Å². The monoisotopic (exact) mass is 464 g/mol. The second-order valence-electron chi connectivity index (χ2n) is 9.04. The Kier molecular flexibility index (Phi) is 5.86. The highest BCUT2D eigenvalue weighted by atomic mass is 16.5. The molecule has 35 heavy (non-hydrogen) atoms. The lowest BCUT2D eigenvalue weighted by molar-refractivity contribution is 0.122. The van der Waals surface area contributed by atoms with Gasteiger partial charge in [0.15, 0.2) is 0 Å². The molecule has 176 valence electrons. The van der Waals surface area contributed by atoms with Crippen LogP contribution in [0.3, 0.4) is 0 Å². The molecule has 2 aromatic carbocycles. The maximum atomic E-state index is 5.57. The van der Waals surface area contributed by atoms with Crippen molar-refractivity contribution in [3.8, 4) is 11.3 Å². The number of nitrogens with one attached hydrogen (secondary N) is 1. The largest absolute Gasteiger partial charge is 0.378 e. The SMILES string of the molecule is CN(Cc1ccc2ccccc2n1)Cc1nc(-c2cccc3[nH]ccc23)cc(N2CCOCC2)n1. The van der Waals surface area contributed by atoms with Gasteiger partial charge in [-0.3, -0.25) is 9.88 Å². The number of aromatic amines is 1. The normalized spacial score (nSPS) is 14.3. The Morgan fingerprint density at radius 1 is 0.914 bits per heavy atom. The highest BCUT2D eigenvalue weighted by Crippen LogP contribution is 2.29. The average molecular weight is 465 g/mol. The summed E-state index contributed by atoms with van der Waals surface area (Å²) in [6, 6.07) is 23.0. The van der Waals surface area contributed by atoms with Gasteiger partial charge in [0.2, 0.25) is 0 Å². The molecule has 7 heteroatoms. The summed E-state index contributed by atoms with van der Waals surface area (Å²) in [6.07, 6.45) is 1.98. The molecule has 0 radical (unpaired) electrons. The fourth-order valence-electron chi connectivity index (χ4n) is 4.73. The second kappa shape index (κ2) is 9.44. The Morgan fingerprint density at radius 3 is 2.71 bits per heavy atom. The summed E-state index contributed by atoms with van der Waals surface area (Å²) in [4.78, 5) is 22.6. The summed E-state index contributed by atoms with van der Waals surface area (Å²) in [5, 5.41) is 2.32. The molecule has 1 aliphatic rings. The summed E-state index contributed by atoms with van der Waals surface area (Å²) in [5.74, 6) is 1.76. The van der Waals surface area contributed by atoms with Crippen molar-refractivity contribution in [3.63, 3.8) is 0 Å². The molecule has 5 aromatic rings. The maximum Gasteiger partial charge on any atom is 0.145 e. The van der Waals surface area contributed by atoms with Crippen LogP contribution in [-0.2, 0) is 17.8 Å². The first-order chi connectivity index (χ1) is 17.2. The van der Waals surface area contributed by atoms with Crippen LogP contribution >= 0.6 is 0 Å². The molecular formula is C28H28N6O. The molecule has 0 spiro atoms. The first kappa shape index (κ1) is 21.7. The smallest absolute Gasteiger partial charge is 0.145 e. The van der Waals surface area contributed by atoms with E-state index in [0.29, 0.717) is 6.54 Å². The van der Waals surface area contributed by atoms with Crippen molar-refractivity contribution in [1.82, 2.24) is 24.8 Å². The molecule has 1 saturated heterocycles. The maximum absolute atomic E-state index is 5.57. The van der Waals surface area contributed by atoms with Gasteiger partial charge in [-0.15, -0.1) is 0 Å². The zero-order valence-corrected chi connectivity index (χ0v) is 19.8. The Labute approximate surface area is 204 Å². The van der Waals surface area contributed by atoms with E-state index in [-0.39, 0.29) is 0 Å². The molecule has 0 saturated carbocycles.